The van der Waals surface area contributed by atoms with Gasteiger partial charge in [-0.3, -0.25) is 4.79 Å². The van der Waals surface area contributed by atoms with E-state index in [-0.39, 0.29) is 12.5 Å². The topological polar surface area (TPSA) is 83.7 Å². The molecule has 0 fully saturated rings. The summed E-state index contributed by atoms with van der Waals surface area (Å²) in [7, 11) is 0. The zero-order valence-electron chi connectivity index (χ0n) is 16.8. The average Bonchev–Trinajstić information content (AvgIpc) is 2.79. The van der Waals surface area contributed by atoms with E-state index in [2.05, 4.69) is 16.6 Å². The summed E-state index contributed by atoms with van der Waals surface area (Å²) in [6, 6.07) is 21.2. The molecule has 0 saturated carbocycles. The number of nitriles is 1. The number of carbonyl (C=O) groups excluding carboxylic acids is 1. The van der Waals surface area contributed by atoms with E-state index in [1.807, 2.05) is 19.1 Å². The first kappa shape index (κ1) is 21.9. The minimum atomic E-state index is -0.355. The third-order valence-corrected chi connectivity index (χ3v) is 4.53. The molecule has 156 valence electrons. The average molecular weight is 434 g/mol. The molecule has 1 N–H and O–H groups in total. The van der Waals surface area contributed by atoms with Crippen LogP contribution in [0.25, 0.3) is 0 Å². The van der Waals surface area contributed by atoms with Crippen molar-refractivity contribution in [3.63, 3.8) is 0 Å². The van der Waals surface area contributed by atoms with Gasteiger partial charge in [-0.25, -0.2) is 5.43 Å². The lowest BCUT2D eigenvalue weighted by Gasteiger charge is -2.10. The molecule has 0 aliphatic rings. The molecule has 3 rings (SSSR count). The molecule has 0 heterocycles. The molecule has 0 spiro atoms. The van der Waals surface area contributed by atoms with Crippen molar-refractivity contribution in [2.24, 2.45) is 5.10 Å². The quantitative estimate of drug-likeness (QED) is 0.402. The Kier molecular flexibility index (Phi) is 7.63. The van der Waals surface area contributed by atoms with E-state index in [1.54, 1.807) is 54.6 Å². The molecule has 3 aromatic carbocycles. The fourth-order valence-corrected chi connectivity index (χ4v) is 2.94. The molecule has 0 radical (unpaired) electrons. The van der Waals surface area contributed by atoms with E-state index >= 15 is 0 Å². The summed E-state index contributed by atoms with van der Waals surface area (Å²) < 4.78 is 11.2. The second kappa shape index (κ2) is 10.8. The van der Waals surface area contributed by atoms with Crippen LogP contribution in [0.3, 0.4) is 0 Å². The number of nitrogens with one attached hydrogen (secondary N) is 1. The minimum absolute atomic E-state index is 0.213. The van der Waals surface area contributed by atoms with E-state index in [0.717, 1.165) is 5.56 Å². The van der Waals surface area contributed by atoms with E-state index in [0.29, 0.717) is 39.8 Å². The Bertz CT molecular complexity index is 1120. The third-order valence-electron chi connectivity index (χ3n) is 4.29. The van der Waals surface area contributed by atoms with E-state index in [9.17, 15) is 10.1 Å². The van der Waals surface area contributed by atoms with Crippen LogP contribution < -0.4 is 14.9 Å². The van der Waals surface area contributed by atoms with Gasteiger partial charge in [0.25, 0.3) is 5.91 Å². The van der Waals surface area contributed by atoms with Crippen LogP contribution in [0.15, 0.2) is 71.8 Å². The normalized spacial score (nSPS) is 10.5. The van der Waals surface area contributed by atoms with Gasteiger partial charge in [-0.05, 0) is 55.5 Å². The van der Waals surface area contributed by atoms with Crippen molar-refractivity contribution in [2.75, 3.05) is 6.61 Å². The van der Waals surface area contributed by atoms with Crippen molar-refractivity contribution in [1.29, 1.82) is 5.26 Å². The minimum Gasteiger partial charge on any atom is -0.494 e. The van der Waals surface area contributed by atoms with Gasteiger partial charge in [0.05, 0.1) is 24.5 Å². The van der Waals surface area contributed by atoms with Crippen molar-refractivity contribution in [2.45, 2.75) is 13.5 Å². The lowest BCUT2D eigenvalue weighted by atomic mass is 10.1. The van der Waals surface area contributed by atoms with Crippen LogP contribution in [0, 0.1) is 11.3 Å². The molecule has 31 heavy (non-hydrogen) atoms. The lowest BCUT2D eigenvalue weighted by Crippen LogP contribution is -2.17. The van der Waals surface area contributed by atoms with Gasteiger partial charge in [0.2, 0.25) is 0 Å². The van der Waals surface area contributed by atoms with Crippen molar-refractivity contribution in [3.05, 3.63) is 94.0 Å². The number of benzene rings is 3. The lowest BCUT2D eigenvalue weighted by molar-refractivity contribution is 0.0955. The molecule has 3 aromatic rings. The van der Waals surface area contributed by atoms with Crippen LogP contribution in [0.2, 0.25) is 5.02 Å². The van der Waals surface area contributed by atoms with Gasteiger partial charge in [-0.2, -0.15) is 10.4 Å². The Balaban J connectivity index is 1.68. The summed E-state index contributed by atoms with van der Waals surface area (Å²) in [5.74, 6) is 0.865. The first-order chi connectivity index (χ1) is 15.1. The predicted molar refractivity (Wildman–Crippen MR) is 120 cm³/mol. The smallest absolute Gasteiger partial charge is 0.271 e. The first-order valence-electron chi connectivity index (χ1n) is 9.57. The Hall–Kier alpha value is -3.82. The maximum absolute atomic E-state index is 12.3. The highest BCUT2D eigenvalue weighted by Crippen LogP contribution is 2.23. The zero-order chi connectivity index (χ0) is 22.1. The van der Waals surface area contributed by atoms with Crippen LogP contribution in [-0.4, -0.2) is 18.7 Å². The molecule has 6 nitrogen and oxygen atoms in total. The number of halogens is 1. The number of hydrogen-bond donors (Lipinski definition) is 1. The number of nitrogens with zero attached hydrogens (tertiary/aromatic N) is 2. The second-order valence-corrected chi connectivity index (χ2v) is 6.83. The Labute approximate surface area is 185 Å². The summed E-state index contributed by atoms with van der Waals surface area (Å²) in [6.45, 7) is 2.66. The summed E-state index contributed by atoms with van der Waals surface area (Å²) in [6.07, 6.45) is 1.46. The Morgan fingerprint density at radius 2 is 1.90 bits per heavy atom. The van der Waals surface area contributed by atoms with Crippen LogP contribution in [0.1, 0.15) is 34.0 Å². The summed E-state index contributed by atoms with van der Waals surface area (Å²) in [5, 5.41) is 13.7. The fourth-order valence-electron chi connectivity index (χ4n) is 2.76. The number of hydrogen-bond acceptors (Lipinski definition) is 5. The molecule has 0 aliphatic carbocycles. The molecule has 0 aromatic heterocycles. The van der Waals surface area contributed by atoms with Gasteiger partial charge in [-0.15, -0.1) is 0 Å². The van der Waals surface area contributed by atoms with Gasteiger partial charge in [-0.1, -0.05) is 29.8 Å². The SMILES string of the molecule is CCOc1ccc(C(=O)N/N=C\c2cc(Cl)ccc2OCc2ccccc2C#N)cc1. The van der Waals surface area contributed by atoms with Crippen molar-refractivity contribution < 1.29 is 14.3 Å². The number of amides is 1. The van der Waals surface area contributed by atoms with E-state index in [1.165, 1.54) is 6.21 Å². The van der Waals surface area contributed by atoms with Crippen molar-refractivity contribution >= 4 is 23.7 Å². The van der Waals surface area contributed by atoms with Crippen LogP contribution in [0.4, 0.5) is 0 Å². The highest BCUT2D eigenvalue weighted by Gasteiger charge is 2.08. The van der Waals surface area contributed by atoms with Gasteiger partial charge in [0.15, 0.2) is 0 Å². The van der Waals surface area contributed by atoms with Crippen molar-refractivity contribution in [1.82, 2.24) is 5.43 Å². The summed E-state index contributed by atoms with van der Waals surface area (Å²) in [5.41, 5.74) is 4.85. The number of carbonyl (C=O) groups is 1. The van der Waals surface area contributed by atoms with Gasteiger partial charge in [0, 0.05) is 21.7 Å². The third kappa shape index (κ3) is 6.08. The molecule has 0 unspecified atom stereocenters. The molecule has 0 atom stereocenters. The summed E-state index contributed by atoms with van der Waals surface area (Å²) in [4.78, 5) is 12.3. The molecular weight excluding hydrogens is 414 g/mol. The molecule has 1 amide bonds. The van der Waals surface area contributed by atoms with Gasteiger partial charge >= 0.3 is 0 Å². The molecule has 7 heteroatoms. The molecule has 0 bridgehead atoms. The predicted octanol–water partition coefficient (Wildman–Crippen LogP) is 4.95. The monoisotopic (exact) mass is 433 g/mol. The number of hydrazone groups is 1. The van der Waals surface area contributed by atoms with Crippen LogP contribution >= 0.6 is 11.6 Å². The van der Waals surface area contributed by atoms with Gasteiger partial charge in [0.1, 0.15) is 18.1 Å². The Morgan fingerprint density at radius 3 is 2.65 bits per heavy atom. The largest absolute Gasteiger partial charge is 0.494 e. The first-order valence-corrected chi connectivity index (χ1v) is 9.95. The van der Waals surface area contributed by atoms with Crippen LogP contribution in [-0.2, 0) is 6.61 Å². The fraction of sp³-hybridized carbons (Fsp3) is 0.125. The highest BCUT2D eigenvalue weighted by atomic mass is 35.5. The second-order valence-electron chi connectivity index (χ2n) is 6.40. The Morgan fingerprint density at radius 1 is 1.13 bits per heavy atom. The molecular formula is C24H20ClN3O3. The van der Waals surface area contributed by atoms with E-state index in [4.69, 9.17) is 21.1 Å². The standard InChI is InChI=1S/C24H20ClN3O3/c1-2-30-22-10-7-17(8-11-22)24(29)28-27-15-20-13-21(25)9-12-23(20)31-16-19-6-4-3-5-18(19)14-26/h3-13,15H,2,16H2,1H3,(H,28,29)/b27-15-. The van der Waals surface area contributed by atoms with Gasteiger partial charge < -0.3 is 9.47 Å². The number of ether oxygens (including phenoxy) is 2. The summed E-state index contributed by atoms with van der Waals surface area (Å²) >= 11 is 6.10. The van der Waals surface area contributed by atoms with Crippen LogP contribution in [0.5, 0.6) is 11.5 Å². The van der Waals surface area contributed by atoms with Crippen molar-refractivity contribution in [3.8, 4) is 17.6 Å². The zero-order valence-corrected chi connectivity index (χ0v) is 17.6. The highest BCUT2D eigenvalue weighted by molar-refractivity contribution is 6.30. The maximum atomic E-state index is 12.3. The number of rotatable bonds is 8. The molecule has 0 saturated heterocycles. The molecule has 0 aliphatic heterocycles. The van der Waals surface area contributed by atoms with E-state index < -0.39 is 0 Å². The maximum Gasteiger partial charge on any atom is 0.271 e.